The van der Waals surface area contributed by atoms with E-state index in [1.807, 2.05) is 7.11 Å². The average Bonchev–Trinajstić information content (AvgIpc) is 3.15. The third-order valence-corrected chi connectivity index (χ3v) is 6.20. The number of rotatable bonds is 4. The van der Waals surface area contributed by atoms with Crippen LogP contribution in [0.4, 0.5) is 0 Å². The Labute approximate surface area is 139 Å². The van der Waals surface area contributed by atoms with Gasteiger partial charge in [-0.05, 0) is 56.8 Å². The number of amides is 1. The van der Waals surface area contributed by atoms with E-state index in [-0.39, 0.29) is 17.5 Å². The molecule has 3 rings (SSSR count). The summed E-state index contributed by atoms with van der Waals surface area (Å²) in [6.45, 7) is 5.43. The Bertz CT molecular complexity index is 487. The molecular formula is C18H29N3O2. The highest BCUT2D eigenvalue weighted by Gasteiger charge is 2.47. The van der Waals surface area contributed by atoms with Gasteiger partial charge in [0.15, 0.2) is 0 Å². The molecule has 1 amide bonds. The minimum Gasteiger partial charge on any atom is -0.381 e. The quantitative estimate of drug-likeness (QED) is 0.860. The number of ether oxygens (including phenoxy) is 1. The summed E-state index contributed by atoms with van der Waals surface area (Å²) in [5.74, 6) is 1.96. The molecule has 1 heterocycles. The van der Waals surface area contributed by atoms with Gasteiger partial charge in [0.05, 0.1) is 18.7 Å². The van der Waals surface area contributed by atoms with E-state index in [9.17, 15) is 10.1 Å². The maximum absolute atomic E-state index is 12.5. The summed E-state index contributed by atoms with van der Waals surface area (Å²) >= 11 is 0. The summed E-state index contributed by atoms with van der Waals surface area (Å²) in [4.78, 5) is 14.3. The molecule has 3 fully saturated rings. The number of hydrogen-bond donors (Lipinski definition) is 1. The molecule has 0 aromatic rings. The van der Waals surface area contributed by atoms with Gasteiger partial charge in [0, 0.05) is 19.2 Å². The lowest BCUT2D eigenvalue weighted by Crippen LogP contribution is -2.48. The highest BCUT2D eigenvalue weighted by atomic mass is 16.5. The van der Waals surface area contributed by atoms with E-state index >= 15 is 0 Å². The molecule has 2 aliphatic carbocycles. The number of carbonyl (C=O) groups excluding carboxylic acids is 1. The highest BCUT2D eigenvalue weighted by Crippen LogP contribution is 2.49. The predicted molar refractivity (Wildman–Crippen MR) is 87.5 cm³/mol. The molecule has 0 spiro atoms. The van der Waals surface area contributed by atoms with E-state index < -0.39 is 0 Å². The molecule has 5 heteroatoms. The summed E-state index contributed by atoms with van der Waals surface area (Å²) in [6, 6.07) is 2.03. The van der Waals surface area contributed by atoms with Crippen molar-refractivity contribution in [3.63, 3.8) is 0 Å². The van der Waals surface area contributed by atoms with Crippen molar-refractivity contribution in [2.24, 2.45) is 17.8 Å². The lowest BCUT2D eigenvalue weighted by molar-refractivity contribution is -0.130. The van der Waals surface area contributed by atoms with Crippen molar-refractivity contribution in [1.29, 1.82) is 5.26 Å². The standard InChI is InChI=1S/C18H29N3O2/c1-12-4-15(9-19)21(11-12)17(22)10-20-18(2)7-13-5-16(23-3)6-14(13)8-18/h12-16,20H,4-8,10-11H2,1-3H3/t12-,13-,14+,15-,16?,18?/m0/s1. The summed E-state index contributed by atoms with van der Waals surface area (Å²) in [5, 5.41) is 12.7. The molecule has 5 nitrogen and oxygen atoms in total. The van der Waals surface area contributed by atoms with Gasteiger partial charge >= 0.3 is 0 Å². The molecule has 0 bridgehead atoms. The van der Waals surface area contributed by atoms with Gasteiger partial charge in [-0.2, -0.15) is 5.26 Å². The van der Waals surface area contributed by atoms with Crippen LogP contribution in [0.25, 0.3) is 0 Å². The maximum atomic E-state index is 12.5. The van der Waals surface area contributed by atoms with Crippen molar-refractivity contribution in [2.75, 3.05) is 20.2 Å². The largest absolute Gasteiger partial charge is 0.381 e. The lowest BCUT2D eigenvalue weighted by atomic mass is 9.95. The summed E-state index contributed by atoms with van der Waals surface area (Å²) in [6.07, 6.45) is 5.81. The summed E-state index contributed by atoms with van der Waals surface area (Å²) in [5.41, 5.74) is 0.0528. The van der Waals surface area contributed by atoms with Crippen LogP contribution in [-0.2, 0) is 9.53 Å². The Hall–Kier alpha value is -1.12. The normalized spacial score (nSPS) is 42.7. The smallest absolute Gasteiger partial charge is 0.237 e. The van der Waals surface area contributed by atoms with Crippen LogP contribution in [0.5, 0.6) is 0 Å². The molecule has 2 saturated carbocycles. The van der Waals surface area contributed by atoms with Crippen LogP contribution in [0.3, 0.4) is 0 Å². The number of nitrogens with one attached hydrogen (secondary N) is 1. The zero-order valence-corrected chi connectivity index (χ0v) is 14.5. The van der Waals surface area contributed by atoms with Crippen LogP contribution in [-0.4, -0.2) is 48.7 Å². The lowest BCUT2D eigenvalue weighted by Gasteiger charge is -2.29. The molecule has 23 heavy (non-hydrogen) atoms. The topological polar surface area (TPSA) is 65.4 Å². The fraction of sp³-hybridized carbons (Fsp3) is 0.889. The van der Waals surface area contributed by atoms with Gasteiger partial charge < -0.3 is 15.0 Å². The number of nitrogens with zero attached hydrogens (tertiary/aromatic N) is 2. The number of hydrogen-bond acceptors (Lipinski definition) is 4. The first kappa shape index (κ1) is 16.7. The van der Waals surface area contributed by atoms with Gasteiger partial charge in [-0.3, -0.25) is 4.79 Å². The van der Waals surface area contributed by atoms with Crippen molar-refractivity contribution in [3.05, 3.63) is 0 Å². The van der Waals surface area contributed by atoms with Gasteiger partial charge in [-0.25, -0.2) is 0 Å². The average molecular weight is 319 g/mol. The third kappa shape index (κ3) is 3.39. The van der Waals surface area contributed by atoms with Gasteiger partial charge in [-0.15, -0.1) is 0 Å². The first-order valence-electron chi connectivity index (χ1n) is 8.91. The summed E-state index contributed by atoms with van der Waals surface area (Å²) < 4.78 is 5.50. The molecule has 3 aliphatic rings. The SMILES string of the molecule is COC1C[C@@H]2CC(C)(NCC(=O)N3C[C@@H](C)C[C@H]3C#N)C[C@@H]2C1. The van der Waals surface area contributed by atoms with Crippen LogP contribution in [0.2, 0.25) is 0 Å². The Morgan fingerprint density at radius 2 is 2.00 bits per heavy atom. The van der Waals surface area contributed by atoms with Gasteiger partial charge in [0.2, 0.25) is 5.91 Å². The Kier molecular flexibility index (Phi) is 4.66. The fourth-order valence-corrected chi connectivity index (χ4v) is 5.07. The van der Waals surface area contributed by atoms with E-state index in [1.165, 1.54) is 0 Å². The molecule has 6 atom stereocenters. The molecular weight excluding hydrogens is 290 g/mol. The second kappa shape index (κ2) is 6.41. The number of likely N-dealkylation sites (tertiary alicyclic amines) is 1. The van der Waals surface area contributed by atoms with Crippen LogP contribution in [0, 0.1) is 29.1 Å². The molecule has 0 aromatic carbocycles. The van der Waals surface area contributed by atoms with E-state index in [0.29, 0.717) is 18.6 Å². The van der Waals surface area contributed by atoms with Crippen molar-refractivity contribution in [1.82, 2.24) is 10.2 Å². The molecule has 1 aliphatic heterocycles. The Morgan fingerprint density at radius 1 is 1.35 bits per heavy atom. The number of methoxy groups -OCH3 is 1. The molecule has 1 N–H and O–H groups in total. The highest BCUT2D eigenvalue weighted by molar-refractivity contribution is 5.79. The molecule has 1 saturated heterocycles. The number of nitriles is 1. The molecule has 0 aromatic heterocycles. The first-order chi connectivity index (χ1) is 10.9. The maximum Gasteiger partial charge on any atom is 0.237 e. The van der Waals surface area contributed by atoms with Crippen LogP contribution >= 0.6 is 0 Å². The van der Waals surface area contributed by atoms with E-state index in [0.717, 1.165) is 50.5 Å². The third-order valence-electron chi connectivity index (χ3n) is 6.20. The minimum atomic E-state index is -0.238. The second-order valence-electron chi connectivity index (χ2n) is 8.20. The van der Waals surface area contributed by atoms with Crippen LogP contribution < -0.4 is 5.32 Å². The van der Waals surface area contributed by atoms with E-state index in [4.69, 9.17) is 4.74 Å². The molecule has 128 valence electrons. The van der Waals surface area contributed by atoms with E-state index in [1.54, 1.807) is 4.90 Å². The van der Waals surface area contributed by atoms with Gasteiger partial charge in [0.25, 0.3) is 0 Å². The predicted octanol–water partition coefficient (Wildman–Crippen LogP) is 1.93. The van der Waals surface area contributed by atoms with Gasteiger partial charge in [0.1, 0.15) is 6.04 Å². The molecule has 0 radical (unpaired) electrons. The Morgan fingerprint density at radius 3 is 2.57 bits per heavy atom. The van der Waals surface area contributed by atoms with Crippen LogP contribution in [0.1, 0.15) is 46.0 Å². The second-order valence-corrected chi connectivity index (χ2v) is 8.20. The van der Waals surface area contributed by atoms with Crippen molar-refractivity contribution in [2.45, 2.75) is 63.6 Å². The molecule has 2 unspecified atom stereocenters. The Balaban J connectivity index is 1.51. The number of carbonyl (C=O) groups is 1. The zero-order chi connectivity index (χ0) is 16.6. The van der Waals surface area contributed by atoms with Crippen LogP contribution in [0.15, 0.2) is 0 Å². The summed E-state index contributed by atoms with van der Waals surface area (Å²) in [7, 11) is 1.81. The first-order valence-corrected chi connectivity index (χ1v) is 8.91. The zero-order valence-electron chi connectivity index (χ0n) is 14.5. The monoisotopic (exact) mass is 319 g/mol. The van der Waals surface area contributed by atoms with Crippen molar-refractivity contribution in [3.8, 4) is 6.07 Å². The van der Waals surface area contributed by atoms with Gasteiger partial charge in [-0.1, -0.05) is 6.92 Å². The minimum absolute atomic E-state index is 0.0528. The fourth-order valence-electron chi connectivity index (χ4n) is 5.07. The van der Waals surface area contributed by atoms with Crippen molar-refractivity contribution >= 4 is 5.91 Å². The number of fused-ring (bicyclic) bond motifs is 1. The van der Waals surface area contributed by atoms with Crippen molar-refractivity contribution < 1.29 is 9.53 Å². The van der Waals surface area contributed by atoms with E-state index in [2.05, 4.69) is 25.2 Å².